The second-order valence-corrected chi connectivity index (χ2v) is 7.47. The number of hydrogen-bond acceptors (Lipinski definition) is 5. The van der Waals surface area contributed by atoms with Crippen LogP contribution in [0.1, 0.15) is 12.5 Å². The Labute approximate surface area is 180 Å². The fraction of sp³-hybridized carbons (Fsp3) is 0.318. The van der Waals surface area contributed by atoms with Crippen molar-refractivity contribution < 1.29 is 23.0 Å². The summed E-state index contributed by atoms with van der Waals surface area (Å²) in [6.45, 7) is 3.49. The van der Waals surface area contributed by atoms with Crippen molar-refractivity contribution in [3.63, 3.8) is 0 Å². The summed E-state index contributed by atoms with van der Waals surface area (Å²) in [5, 5.41) is 2.93. The van der Waals surface area contributed by atoms with Gasteiger partial charge in [-0.05, 0) is 43.8 Å². The molecule has 2 aromatic rings. The van der Waals surface area contributed by atoms with Crippen molar-refractivity contribution in [3.05, 3.63) is 60.7 Å². The number of amides is 1. The summed E-state index contributed by atoms with van der Waals surface area (Å²) in [6.07, 6.45) is 1.81. The van der Waals surface area contributed by atoms with Gasteiger partial charge in [-0.1, -0.05) is 24.3 Å². The van der Waals surface area contributed by atoms with E-state index >= 15 is 0 Å². The first kappa shape index (κ1) is 23.7. The van der Waals surface area contributed by atoms with Gasteiger partial charge in [0.1, 0.15) is 0 Å². The van der Waals surface area contributed by atoms with Gasteiger partial charge in [0.2, 0.25) is 5.91 Å². The molecule has 0 aliphatic carbocycles. The van der Waals surface area contributed by atoms with E-state index in [-0.39, 0.29) is 24.0 Å². The minimum absolute atomic E-state index is 0.00960. The zero-order chi connectivity index (χ0) is 21.9. The number of carbonyl (C=O) groups excluding carboxylic acids is 1. The van der Waals surface area contributed by atoms with E-state index in [4.69, 9.17) is 4.74 Å². The van der Waals surface area contributed by atoms with Gasteiger partial charge in [0.15, 0.2) is 11.5 Å². The second kappa shape index (κ2) is 12.2. The van der Waals surface area contributed by atoms with Crippen LogP contribution in [-0.4, -0.2) is 43.4 Å². The Morgan fingerprint density at radius 1 is 1.27 bits per heavy atom. The number of benzene rings is 2. The highest BCUT2D eigenvalue weighted by Gasteiger charge is 2.14. The topological polar surface area (TPSA) is 50.8 Å². The van der Waals surface area contributed by atoms with Crippen LogP contribution < -0.4 is 14.8 Å². The van der Waals surface area contributed by atoms with Gasteiger partial charge in [-0.2, -0.15) is 8.78 Å². The number of para-hydroxylation sites is 1. The molecule has 0 aliphatic heterocycles. The molecule has 0 aromatic heterocycles. The number of anilines is 1. The van der Waals surface area contributed by atoms with E-state index in [1.54, 1.807) is 30.8 Å². The lowest BCUT2D eigenvalue weighted by atomic mass is 10.2. The lowest BCUT2D eigenvalue weighted by Gasteiger charge is -2.18. The van der Waals surface area contributed by atoms with Gasteiger partial charge in [-0.15, -0.1) is 18.3 Å². The van der Waals surface area contributed by atoms with Crippen LogP contribution in [0.3, 0.4) is 0 Å². The maximum Gasteiger partial charge on any atom is 0.387 e. The summed E-state index contributed by atoms with van der Waals surface area (Å²) in [7, 11) is 1.81. The Balaban J connectivity index is 1.98. The van der Waals surface area contributed by atoms with Gasteiger partial charge >= 0.3 is 6.61 Å². The van der Waals surface area contributed by atoms with Gasteiger partial charge in [0, 0.05) is 17.2 Å². The molecule has 0 heterocycles. The molecule has 1 amide bonds. The van der Waals surface area contributed by atoms with Gasteiger partial charge < -0.3 is 14.8 Å². The zero-order valence-electron chi connectivity index (χ0n) is 17.1. The largest absolute Gasteiger partial charge is 0.490 e. The van der Waals surface area contributed by atoms with Crippen LogP contribution in [0.25, 0.3) is 0 Å². The first-order chi connectivity index (χ1) is 14.4. The normalized spacial score (nSPS) is 10.9. The number of halogens is 2. The molecular weight excluding hydrogens is 410 g/mol. The Bertz CT molecular complexity index is 849. The van der Waals surface area contributed by atoms with E-state index in [1.165, 1.54) is 6.07 Å². The van der Waals surface area contributed by atoms with Crippen molar-refractivity contribution >= 4 is 23.4 Å². The Hall–Kier alpha value is -2.58. The first-order valence-electron chi connectivity index (χ1n) is 9.44. The maximum absolute atomic E-state index is 12.5. The maximum atomic E-state index is 12.5. The number of carbonyl (C=O) groups is 1. The van der Waals surface area contributed by atoms with Crippen molar-refractivity contribution in [2.45, 2.75) is 25.0 Å². The standard InChI is InChI=1S/C22H26F2N2O3S/c1-4-12-30-20-9-7-6-8-17(20)25-21(27)15-26(3)14-16-10-11-18(29-22(23)24)19(13-16)28-5-2/h4,6-11,13,22H,1,5,12,14-15H2,2-3H3,(H,25,27). The zero-order valence-corrected chi connectivity index (χ0v) is 17.9. The number of thioether (sulfide) groups is 1. The van der Waals surface area contributed by atoms with E-state index in [1.807, 2.05) is 42.3 Å². The molecule has 0 saturated heterocycles. The second-order valence-electron chi connectivity index (χ2n) is 6.41. The third kappa shape index (κ3) is 7.68. The fourth-order valence-corrected chi connectivity index (χ4v) is 3.51. The van der Waals surface area contributed by atoms with Crippen LogP contribution in [0, 0.1) is 0 Å². The molecule has 0 bridgehead atoms. The number of hydrogen-bond donors (Lipinski definition) is 1. The number of nitrogens with zero attached hydrogens (tertiary/aromatic N) is 1. The Kier molecular flexibility index (Phi) is 9.63. The van der Waals surface area contributed by atoms with E-state index < -0.39 is 6.61 Å². The fourth-order valence-electron chi connectivity index (χ4n) is 2.76. The minimum Gasteiger partial charge on any atom is -0.490 e. The highest BCUT2D eigenvalue weighted by molar-refractivity contribution is 7.99. The monoisotopic (exact) mass is 436 g/mol. The summed E-state index contributed by atoms with van der Waals surface area (Å²) in [5.41, 5.74) is 1.58. The number of ether oxygens (including phenoxy) is 2. The van der Waals surface area contributed by atoms with Crippen molar-refractivity contribution in [3.8, 4) is 11.5 Å². The molecule has 5 nitrogen and oxygen atoms in total. The molecule has 162 valence electrons. The highest BCUT2D eigenvalue weighted by atomic mass is 32.2. The van der Waals surface area contributed by atoms with Gasteiger partial charge in [0.25, 0.3) is 0 Å². The predicted octanol–water partition coefficient (Wildman–Crippen LogP) is 5.04. The van der Waals surface area contributed by atoms with Crippen LogP contribution in [-0.2, 0) is 11.3 Å². The number of likely N-dealkylation sites (N-methyl/N-ethyl adjacent to an activating group) is 1. The summed E-state index contributed by atoms with van der Waals surface area (Å²) >= 11 is 1.60. The van der Waals surface area contributed by atoms with Crippen LogP contribution in [0.15, 0.2) is 60.0 Å². The van der Waals surface area contributed by atoms with Crippen LogP contribution in [0.2, 0.25) is 0 Å². The number of alkyl halides is 2. The van der Waals surface area contributed by atoms with Crippen LogP contribution in [0.4, 0.5) is 14.5 Å². The molecule has 0 spiro atoms. The number of rotatable bonds is 12. The highest BCUT2D eigenvalue weighted by Crippen LogP contribution is 2.30. The quantitative estimate of drug-likeness (QED) is 0.373. The molecule has 0 unspecified atom stereocenters. The van der Waals surface area contributed by atoms with Crippen LogP contribution >= 0.6 is 11.8 Å². The lowest BCUT2D eigenvalue weighted by Crippen LogP contribution is -2.30. The molecule has 2 aromatic carbocycles. The summed E-state index contributed by atoms with van der Waals surface area (Å²) in [4.78, 5) is 15.3. The van der Waals surface area contributed by atoms with Crippen molar-refractivity contribution in [2.24, 2.45) is 0 Å². The summed E-state index contributed by atoms with van der Waals surface area (Å²) in [6, 6.07) is 12.4. The molecule has 2 rings (SSSR count). The van der Waals surface area contributed by atoms with Crippen molar-refractivity contribution in [1.82, 2.24) is 4.90 Å². The van der Waals surface area contributed by atoms with E-state index in [0.717, 1.165) is 21.9 Å². The average molecular weight is 437 g/mol. The molecule has 0 aliphatic rings. The molecule has 0 radical (unpaired) electrons. The van der Waals surface area contributed by atoms with E-state index in [2.05, 4.69) is 16.6 Å². The van der Waals surface area contributed by atoms with Gasteiger partial charge in [-0.25, -0.2) is 0 Å². The molecule has 0 fully saturated rings. The number of nitrogens with one attached hydrogen (secondary N) is 1. The lowest BCUT2D eigenvalue weighted by molar-refractivity contribution is -0.117. The third-order valence-corrected chi connectivity index (χ3v) is 4.98. The summed E-state index contributed by atoms with van der Waals surface area (Å²) < 4.78 is 35.0. The summed E-state index contributed by atoms with van der Waals surface area (Å²) in [5.74, 6) is 0.845. The van der Waals surface area contributed by atoms with Crippen molar-refractivity contribution in [1.29, 1.82) is 0 Å². The molecule has 0 saturated carbocycles. The molecule has 0 atom stereocenters. The molecule has 1 N–H and O–H groups in total. The van der Waals surface area contributed by atoms with E-state index in [0.29, 0.717) is 13.2 Å². The SMILES string of the molecule is C=CCSc1ccccc1NC(=O)CN(C)Cc1ccc(OC(F)F)c(OCC)c1. The van der Waals surface area contributed by atoms with E-state index in [9.17, 15) is 13.6 Å². The molecular formula is C22H26F2N2O3S. The predicted molar refractivity (Wildman–Crippen MR) is 117 cm³/mol. The van der Waals surface area contributed by atoms with Crippen LogP contribution in [0.5, 0.6) is 11.5 Å². The smallest absolute Gasteiger partial charge is 0.387 e. The third-order valence-electron chi connectivity index (χ3n) is 3.91. The molecule has 30 heavy (non-hydrogen) atoms. The Morgan fingerprint density at radius 3 is 2.73 bits per heavy atom. The Morgan fingerprint density at radius 2 is 2.03 bits per heavy atom. The van der Waals surface area contributed by atoms with Crippen molar-refractivity contribution in [2.75, 3.05) is 31.3 Å². The average Bonchev–Trinajstić information content (AvgIpc) is 2.69. The van der Waals surface area contributed by atoms with Gasteiger partial charge in [0.05, 0.1) is 18.8 Å². The first-order valence-corrected chi connectivity index (χ1v) is 10.4. The minimum atomic E-state index is -2.92. The van der Waals surface area contributed by atoms with Gasteiger partial charge in [-0.3, -0.25) is 9.69 Å². The molecule has 8 heteroatoms.